The van der Waals surface area contributed by atoms with E-state index in [0.29, 0.717) is 35.8 Å². The third-order valence-electron chi connectivity index (χ3n) is 6.24. The number of thiazole rings is 1. The molecule has 2 atom stereocenters. The maximum atomic E-state index is 13.8. The van der Waals surface area contributed by atoms with Crippen LogP contribution in [0.5, 0.6) is 0 Å². The zero-order valence-corrected chi connectivity index (χ0v) is 21.2. The highest BCUT2D eigenvalue weighted by molar-refractivity contribution is 7.14. The molecule has 192 valence electrons. The molecule has 1 aliphatic rings. The molecule has 3 heterocycles. The van der Waals surface area contributed by atoms with Gasteiger partial charge in [0.25, 0.3) is 5.91 Å². The monoisotopic (exact) mass is 526 g/mol. The molecular weight excluding hydrogens is 500 g/mol. The van der Waals surface area contributed by atoms with E-state index in [1.165, 1.54) is 11.3 Å². The summed E-state index contributed by atoms with van der Waals surface area (Å²) in [6.45, 7) is 0.418. The van der Waals surface area contributed by atoms with Gasteiger partial charge >= 0.3 is 6.03 Å². The number of nitrogens with one attached hydrogen (secondary N) is 3. The first-order chi connectivity index (χ1) is 18.6. The molecule has 2 aromatic carbocycles. The first-order valence-corrected chi connectivity index (χ1v) is 13.1. The van der Waals surface area contributed by atoms with Crippen molar-refractivity contribution in [1.29, 1.82) is 0 Å². The number of anilines is 2. The van der Waals surface area contributed by atoms with Crippen molar-refractivity contribution in [3.05, 3.63) is 96.1 Å². The van der Waals surface area contributed by atoms with Gasteiger partial charge in [0.05, 0.1) is 5.69 Å². The highest BCUT2D eigenvalue weighted by Crippen LogP contribution is 2.28. The van der Waals surface area contributed by atoms with Crippen molar-refractivity contribution in [3.63, 3.8) is 0 Å². The Kier molecular flexibility index (Phi) is 7.70. The third-order valence-corrected chi connectivity index (χ3v) is 6.99. The largest absolute Gasteiger partial charge is 0.329 e. The summed E-state index contributed by atoms with van der Waals surface area (Å²) in [6.07, 6.45) is 4.34. The maximum Gasteiger partial charge on any atom is 0.320 e. The van der Waals surface area contributed by atoms with Crippen molar-refractivity contribution < 1.29 is 14.4 Å². The van der Waals surface area contributed by atoms with Crippen LogP contribution in [0.1, 0.15) is 24.4 Å². The topological polar surface area (TPSA) is 116 Å². The first-order valence-electron chi connectivity index (χ1n) is 12.2. The van der Waals surface area contributed by atoms with Gasteiger partial charge in [-0.05, 0) is 30.5 Å². The van der Waals surface area contributed by atoms with E-state index in [9.17, 15) is 14.4 Å². The molecule has 1 aliphatic heterocycles. The third kappa shape index (κ3) is 5.87. The molecule has 2 aromatic heterocycles. The lowest BCUT2D eigenvalue weighted by Gasteiger charge is -2.28. The highest BCUT2D eigenvalue weighted by atomic mass is 32.1. The summed E-state index contributed by atoms with van der Waals surface area (Å²) in [6, 6.07) is 19.9. The predicted octanol–water partition coefficient (Wildman–Crippen LogP) is 4.70. The molecule has 5 rings (SSSR count). The summed E-state index contributed by atoms with van der Waals surface area (Å²) in [5, 5.41) is 10.8. The van der Waals surface area contributed by atoms with Crippen LogP contribution >= 0.6 is 11.3 Å². The summed E-state index contributed by atoms with van der Waals surface area (Å²) in [7, 11) is 0. The van der Waals surface area contributed by atoms with Crippen LogP contribution in [0.15, 0.2) is 90.6 Å². The van der Waals surface area contributed by atoms with Gasteiger partial charge in [-0.2, -0.15) is 0 Å². The number of nitrogens with zero attached hydrogens (tertiary/aromatic N) is 3. The second-order valence-corrected chi connectivity index (χ2v) is 9.62. The lowest BCUT2D eigenvalue weighted by Crippen LogP contribution is -2.49. The number of carbonyl (C=O) groups excluding carboxylic acids is 3. The number of amides is 4. The molecule has 0 bridgehead atoms. The van der Waals surface area contributed by atoms with Crippen LogP contribution in [-0.4, -0.2) is 45.3 Å². The van der Waals surface area contributed by atoms with Crippen LogP contribution in [-0.2, 0) is 9.59 Å². The van der Waals surface area contributed by atoms with E-state index in [-0.39, 0.29) is 11.8 Å². The Morgan fingerprint density at radius 3 is 2.37 bits per heavy atom. The Morgan fingerprint density at radius 1 is 0.921 bits per heavy atom. The molecule has 0 radical (unpaired) electrons. The Bertz CT molecular complexity index is 1400. The number of pyridine rings is 1. The van der Waals surface area contributed by atoms with E-state index < -0.39 is 18.1 Å². The first kappa shape index (κ1) is 25.1. The van der Waals surface area contributed by atoms with E-state index in [4.69, 9.17) is 0 Å². The predicted molar refractivity (Wildman–Crippen MR) is 146 cm³/mol. The Hall–Kier alpha value is -4.57. The fraction of sp³-hybridized carbons (Fsp3) is 0.179. The molecule has 0 aliphatic carbocycles. The van der Waals surface area contributed by atoms with Crippen LogP contribution in [0, 0.1) is 0 Å². The zero-order valence-electron chi connectivity index (χ0n) is 20.4. The number of likely N-dealkylation sites (tertiary alicyclic amines) is 1. The van der Waals surface area contributed by atoms with E-state index >= 15 is 0 Å². The van der Waals surface area contributed by atoms with E-state index in [0.717, 1.165) is 11.3 Å². The average Bonchev–Trinajstić information content (AvgIpc) is 3.63. The van der Waals surface area contributed by atoms with E-state index in [1.807, 2.05) is 41.8 Å². The lowest BCUT2D eigenvalue weighted by atomic mass is 10.0. The molecule has 4 amide bonds. The van der Waals surface area contributed by atoms with Gasteiger partial charge in [-0.3, -0.25) is 14.6 Å². The van der Waals surface area contributed by atoms with Gasteiger partial charge in [0, 0.05) is 35.6 Å². The van der Waals surface area contributed by atoms with Crippen molar-refractivity contribution >= 4 is 40.0 Å². The molecule has 1 saturated heterocycles. The number of rotatable bonds is 7. The molecule has 1 fully saturated rings. The number of aromatic nitrogens is 2. The SMILES string of the molecule is O=C(Nc1ccncc1)N[C@@H](C(=O)N1CCC[C@H]1C(=O)Nc1nc(-c2ccccc2)cs1)c1ccccc1. The Morgan fingerprint density at radius 2 is 1.63 bits per heavy atom. The molecule has 38 heavy (non-hydrogen) atoms. The van der Waals surface area contributed by atoms with Crippen LogP contribution in [0.4, 0.5) is 15.6 Å². The maximum absolute atomic E-state index is 13.8. The normalized spacial score (nSPS) is 15.5. The molecular formula is C28H26N6O3S. The van der Waals surface area contributed by atoms with Crippen molar-refractivity contribution in [3.8, 4) is 11.3 Å². The molecule has 0 saturated carbocycles. The quantitative estimate of drug-likeness (QED) is 0.323. The molecule has 10 heteroatoms. The number of benzene rings is 2. The number of hydrogen-bond donors (Lipinski definition) is 3. The second-order valence-electron chi connectivity index (χ2n) is 8.76. The van der Waals surface area contributed by atoms with Gasteiger partial charge < -0.3 is 20.9 Å². The minimum absolute atomic E-state index is 0.294. The van der Waals surface area contributed by atoms with Crippen molar-refractivity contribution in [1.82, 2.24) is 20.2 Å². The number of hydrogen-bond acceptors (Lipinski definition) is 6. The van der Waals surface area contributed by atoms with Crippen LogP contribution in [0.2, 0.25) is 0 Å². The van der Waals surface area contributed by atoms with E-state index in [1.54, 1.807) is 53.7 Å². The highest BCUT2D eigenvalue weighted by Gasteiger charge is 2.38. The van der Waals surface area contributed by atoms with Gasteiger partial charge in [-0.25, -0.2) is 9.78 Å². The van der Waals surface area contributed by atoms with Crippen molar-refractivity contribution in [2.24, 2.45) is 0 Å². The summed E-state index contributed by atoms with van der Waals surface area (Å²) < 4.78 is 0. The molecule has 9 nitrogen and oxygen atoms in total. The van der Waals surface area contributed by atoms with Gasteiger partial charge in [0.2, 0.25) is 5.91 Å². The standard InChI is InChI=1S/C28H26N6O3S/c35-25(33-28-31-22(18-38-28)19-8-3-1-4-9-19)23-12-7-17-34(23)26(36)24(20-10-5-2-6-11-20)32-27(37)30-21-13-15-29-16-14-21/h1-6,8-11,13-16,18,23-24H,7,12,17H2,(H,31,33,35)(H2,29,30,32,37)/t23-,24+/m0/s1. The molecule has 3 N–H and O–H groups in total. The minimum Gasteiger partial charge on any atom is -0.329 e. The van der Waals surface area contributed by atoms with Gasteiger partial charge in [0.15, 0.2) is 5.13 Å². The van der Waals surface area contributed by atoms with E-state index in [2.05, 4.69) is 25.9 Å². The summed E-state index contributed by atoms with van der Waals surface area (Å²) >= 11 is 1.34. The zero-order chi connectivity index (χ0) is 26.3. The lowest BCUT2D eigenvalue weighted by molar-refractivity contribution is -0.138. The number of carbonyl (C=O) groups is 3. The Labute approximate surface area is 223 Å². The fourth-order valence-corrected chi connectivity index (χ4v) is 5.12. The second kappa shape index (κ2) is 11.7. The average molecular weight is 527 g/mol. The van der Waals surface area contributed by atoms with Gasteiger partial charge in [-0.1, -0.05) is 60.7 Å². The van der Waals surface area contributed by atoms with Crippen LogP contribution in [0.25, 0.3) is 11.3 Å². The summed E-state index contributed by atoms with van der Waals surface area (Å²) in [4.78, 5) is 49.8. The molecule has 4 aromatic rings. The van der Waals surface area contributed by atoms with Gasteiger partial charge in [-0.15, -0.1) is 11.3 Å². The van der Waals surface area contributed by atoms with Crippen molar-refractivity contribution in [2.75, 3.05) is 17.2 Å². The van der Waals surface area contributed by atoms with Gasteiger partial charge in [0.1, 0.15) is 12.1 Å². The number of urea groups is 1. The molecule has 0 unspecified atom stereocenters. The minimum atomic E-state index is -0.962. The van der Waals surface area contributed by atoms with Crippen molar-refractivity contribution in [2.45, 2.75) is 24.9 Å². The molecule has 0 spiro atoms. The Balaban J connectivity index is 1.30. The smallest absolute Gasteiger partial charge is 0.320 e. The van der Waals surface area contributed by atoms with Crippen LogP contribution < -0.4 is 16.0 Å². The summed E-state index contributed by atoms with van der Waals surface area (Å²) in [5.74, 6) is -0.638. The summed E-state index contributed by atoms with van der Waals surface area (Å²) in [5.41, 5.74) is 2.91. The van der Waals surface area contributed by atoms with Crippen LogP contribution in [0.3, 0.4) is 0 Å². The fourth-order valence-electron chi connectivity index (χ4n) is 4.40.